The Bertz CT molecular complexity index is 488. The molecule has 0 unspecified atom stereocenters. The number of rotatable bonds is 9. The first-order valence-corrected chi connectivity index (χ1v) is 8.44. The van der Waals surface area contributed by atoms with Crippen molar-refractivity contribution in [3.63, 3.8) is 0 Å². The van der Waals surface area contributed by atoms with Crippen LogP contribution in [0.3, 0.4) is 0 Å². The third-order valence-corrected chi connectivity index (χ3v) is 3.81. The summed E-state index contributed by atoms with van der Waals surface area (Å²) in [6.07, 6.45) is 0.940. The molecule has 0 saturated heterocycles. The first-order chi connectivity index (χ1) is 11.1. The van der Waals surface area contributed by atoms with E-state index in [4.69, 9.17) is 4.74 Å². The number of likely N-dealkylation sites (N-methyl/N-ethyl adjacent to an activating group) is 1. The van der Waals surface area contributed by atoms with Crippen LogP contribution >= 0.6 is 0 Å². The second-order valence-corrected chi connectivity index (χ2v) is 5.64. The first-order valence-electron chi connectivity index (χ1n) is 8.44. The van der Waals surface area contributed by atoms with E-state index in [1.807, 2.05) is 0 Å². The molecule has 0 spiro atoms. The lowest BCUT2D eigenvalue weighted by molar-refractivity contribution is 0.363. The minimum absolute atomic E-state index is 0.804. The molecule has 2 N–H and O–H groups in total. The molecule has 130 valence electrons. The van der Waals surface area contributed by atoms with E-state index < -0.39 is 0 Å². The van der Waals surface area contributed by atoms with Crippen LogP contribution in [0, 0.1) is 6.92 Å². The van der Waals surface area contributed by atoms with Gasteiger partial charge in [-0.1, -0.05) is 19.1 Å². The Balaban J connectivity index is 2.47. The van der Waals surface area contributed by atoms with Crippen molar-refractivity contribution in [3.05, 3.63) is 29.3 Å². The van der Waals surface area contributed by atoms with E-state index in [9.17, 15) is 0 Å². The van der Waals surface area contributed by atoms with Gasteiger partial charge in [0.15, 0.2) is 5.96 Å². The van der Waals surface area contributed by atoms with E-state index in [0.29, 0.717) is 0 Å². The fourth-order valence-electron chi connectivity index (χ4n) is 2.18. The zero-order valence-electron chi connectivity index (χ0n) is 15.3. The van der Waals surface area contributed by atoms with Gasteiger partial charge in [-0.2, -0.15) is 0 Å². The number of benzene rings is 1. The summed E-state index contributed by atoms with van der Waals surface area (Å²) in [5.74, 6) is 1.83. The Kier molecular flexibility index (Phi) is 9.14. The van der Waals surface area contributed by atoms with Crippen LogP contribution in [-0.2, 0) is 6.42 Å². The number of guanidine groups is 1. The molecule has 0 aliphatic heterocycles. The molecule has 5 heteroatoms. The minimum atomic E-state index is 0.804. The van der Waals surface area contributed by atoms with Gasteiger partial charge in [-0.05, 0) is 51.1 Å². The van der Waals surface area contributed by atoms with Gasteiger partial charge in [0.1, 0.15) is 5.75 Å². The van der Waals surface area contributed by atoms with E-state index in [-0.39, 0.29) is 0 Å². The Hall–Kier alpha value is -1.75. The van der Waals surface area contributed by atoms with Crippen LogP contribution in [0.5, 0.6) is 5.75 Å². The van der Waals surface area contributed by atoms with Crippen LogP contribution in [-0.4, -0.2) is 57.7 Å². The summed E-state index contributed by atoms with van der Waals surface area (Å²) in [5, 5.41) is 6.68. The molecule has 0 radical (unpaired) electrons. The van der Waals surface area contributed by atoms with Gasteiger partial charge in [-0.25, -0.2) is 0 Å². The van der Waals surface area contributed by atoms with Crippen LogP contribution in [0.2, 0.25) is 0 Å². The van der Waals surface area contributed by atoms with E-state index >= 15 is 0 Å². The van der Waals surface area contributed by atoms with Crippen LogP contribution in [0.1, 0.15) is 25.0 Å². The van der Waals surface area contributed by atoms with Crippen molar-refractivity contribution in [1.29, 1.82) is 0 Å². The number of aryl methyl sites for hydroxylation is 1. The maximum absolute atomic E-state index is 5.38. The molecule has 5 nitrogen and oxygen atoms in total. The smallest absolute Gasteiger partial charge is 0.191 e. The molecule has 0 aromatic heterocycles. The largest absolute Gasteiger partial charge is 0.496 e. The fourth-order valence-corrected chi connectivity index (χ4v) is 2.18. The monoisotopic (exact) mass is 320 g/mol. The predicted octanol–water partition coefficient (Wildman–Crippen LogP) is 2.05. The molecular weight excluding hydrogens is 288 g/mol. The van der Waals surface area contributed by atoms with Crippen molar-refractivity contribution < 1.29 is 4.74 Å². The van der Waals surface area contributed by atoms with Gasteiger partial charge >= 0.3 is 0 Å². The Labute approximate surface area is 141 Å². The van der Waals surface area contributed by atoms with E-state index in [1.54, 1.807) is 7.11 Å². The molecule has 0 aliphatic carbocycles. The predicted molar refractivity (Wildman–Crippen MR) is 98.6 cm³/mol. The van der Waals surface area contributed by atoms with Gasteiger partial charge in [0.25, 0.3) is 0 Å². The third kappa shape index (κ3) is 7.37. The van der Waals surface area contributed by atoms with Gasteiger partial charge in [0.05, 0.1) is 13.7 Å². The van der Waals surface area contributed by atoms with Crippen molar-refractivity contribution in [1.82, 2.24) is 15.5 Å². The van der Waals surface area contributed by atoms with Gasteiger partial charge in [0.2, 0.25) is 0 Å². The second-order valence-electron chi connectivity index (χ2n) is 5.64. The molecule has 0 aliphatic rings. The number of aliphatic imine (C=N–C) groups is 1. The molecule has 0 atom stereocenters. The number of nitrogens with zero attached hydrogens (tertiary/aromatic N) is 2. The molecule has 1 aromatic rings. The van der Waals surface area contributed by atoms with E-state index in [1.165, 1.54) is 11.1 Å². The molecule has 0 heterocycles. The van der Waals surface area contributed by atoms with Crippen molar-refractivity contribution in [2.75, 3.05) is 46.9 Å². The Morgan fingerprint density at radius 2 is 2.04 bits per heavy atom. The summed E-state index contributed by atoms with van der Waals surface area (Å²) in [6, 6.07) is 6.37. The second kappa shape index (κ2) is 10.9. The van der Waals surface area contributed by atoms with Gasteiger partial charge in [-0.15, -0.1) is 0 Å². The Morgan fingerprint density at radius 3 is 2.70 bits per heavy atom. The number of hydrogen-bond donors (Lipinski definition) is 2. The van der Waals surface area contributed by atoms with Crippen LogP contribution in [0.4, 0.5) is 0 Å². The lowest BCUT2D eigenvalue weighted by Crippen LogP contribution is -2.38. The molecule has 0 bridgehead atoms. The van der Waals surface area contributed by atoms with Crippen LogP contribution in [0.25, 0.3) is 0 Å². The summed E-state index contributed by atoms with van der Waals surface area (Å²) >= 11 is 0. The Morgan fingerprint density at radius 1 is 1.26 bits per heavy atom. The van der Waals surface area contributed by atoms with Crippen molar-refractivity contribution in [3.8, 4) is 5.75 Å². The van der Waals surface area contributed by atoms with Gasteiger partial charge in [-0.3, -0.25) is 4.99 Å². The molecule has 23 heavy (non-hydrogen) atoms. The average Bonchev–Trinajstić information content (AvgIpc) is 2.56. The SMILES string of the molecule is CCNC(=NCCN(C)CC)NCCc1ccc(C)c(OC)c1. The number of hydrogen-bond acceptors (Lipinski definition) is 3. The first kappa shape index (κ1) is 19.3. The van der Waals surface area contributed by atoms with Crippen molar-refractivity contribution >= 4 is 5.96 Å². The zero-order valence-corrected chi connectivity index (χ0v) is 15.3. The zero-order chi connectivity index (χ0) is 17.1. The summed E-state index contributed by atoms with van der Waals surface area (Å²) in [5.41, 5.74) is 2.43. The van der Waals surface area contributed by atoms with E-state index in [2.05, 4.69) is 66.5 Å². The standard InChI is InChI=1S/C18H32N4O/c1-6-19-18(21-12-13-22(4)7-2)20-11-10-16-9-8-15(3)17(14-16)23-5/h8-9,14H,6-7,10-13H2,1-5H3,(H2,19,20,21). The normalized spacial score (nSPS) is 11.7. The molecule has 0 saturated carbocycles. The molecule has 1 rings (SSSR count). The van der Waals surface area contributed by atoms with E-state index in [0.717, 1.165) is 50.9 Å². The maximum Gasteiger partial charge on any atom is 0.191 e. The highest BCUT2D eigenvalue weighted by atomic mass is 16.5. The summed E-state index contributed by atoms with van der Waals surface area (Å²) in [6.45, 7) is 10.8. The quantitative estimate of drug-likeness (QED) is 0.540. The highest BCUT2D eigenvalue weighted by molar-refractivity contribution is 5.79. The molecule has 0 fully saturated rings. The van der Waals surface area contributed by atoms with Gasteiger partial charge < -0.3 is 20.3 Å². The minimum Gasteiger partial charge on any atom is -0.496 e. The highest BCUT2D eigenvalue weighted by Gasteiger charge is 2.02. The van der Waals surface area contributed by atoms with Crippen LogP contribution in [0.15, 0.2) is 23.2 Å². The van der Waals surface area contributed by atoms with Crippen molar-refractivity contribution in [2.45, 2.75) is 27.2 Å². The number of nitrogens with one attached hydrogen (secondary N) is 2. The summed E-state index contributed by atoms with van der Waals surface area (Å²) in [7, 11) is 3.83. The lowest BCUT2D eigenvalue weighted by Gasteiger charge is -2.14. The van der Waals surface area contributed by atoms with Crippen LogP contribution < -0.4 is 15.4 Å². The summed E-state index contributed by atoms with van der Waals surface area (Å²) in [4.78, 5) is 6.86. The topological polar surface area (TPSA) is 48.9 Å². The van der Waals surface area contributed by atoms with Gasteiger partial charge in [0, 0.05) is 19.6 Å². The molecule has 1 aromatic carbocycles. The fraction of sp³-hybridized carbons (Fsp3) is 0.611. The third-order valence-electron chi connectivity index (χ3n) is 3.81. The lowest BCUT2D eigenvalue weighted by atomic mass is 10.1. The highest BCUT2D eigenvalue weighted by Crippen LogP contribution is 2.18. The van der Waals surface area contributed by atoms with Crippen molar-refractivity contribution in [2.24, 2.45) is 4.99 Å². The summed E-state index contributed by atoms with van der Waals surface area (Å²) < 4.78 is 5.38. The molecule has 0 amide bonds. The number of ether oxygens (including phenoxy) is 1. The maximum atomic E-state index is 5.38. The molecular formula is C18H32N4O. The number of methoxy groups -OCH3 is 1. The average molecular weight is 320 g/mol.